The first-order chi connectivity index (χ1) is 8.63. The second-order valence-corrected chi connectivity index (χ2v) is 4.44. The third-order valence-corrected chi connectivity index (χ3v) is 2.45. The third-order valence-electron chi connectivity index (χ3n) is 2.45. The maximum Gasteiger partial charge on any atom is 0.123 e. The summed E-state index contributed by atoms with van der Waals surface area (Å²) in [5.74, 6) is 3.05. The van der Waals surface area contributed by atoms with Gasteiger partial charge in [-0.3, -0.25) is 0 Å². The number of terminal acetylenes is 1. The molecule has 0 unspecified atom stereocenters. The number of hydrogen-bond donors (Lipinski definition) is 1. The van der Waals surface area contributed by atoms with Gasteiger partial charge in [0.25, 0.3) is 0 Å². The van der Waals surface area contributed by atoms with E-state index in [4.69, 9.17) is 11.2 Å². The Hall–Kier alpha value is -1.53. The molecular weight excluding hydrogens is 229 g/mol. The predicted octanol–water partition coefficient (Wildman–Crippen LogP) is 3.12. The molecule has 1 rings (SSSR count). The summed E-state index contributed by atoms with van der Waals surface area (Å²) >= 11 is 0. The Morgan fingerprint density at radius 1 is 1.44 bits per heavy atom. The molecule has 0 saturated carbocycles. The molecule has 0 amide bonds. The molecular formula is C15H20FNO. The number of benzene rings is 1. The van der Waals surface area contributed by atoms with Crippen LogP contribution in [0.4, 0.5) is 4.39 Å². The summed E-state index contributed by atoms with van der Waals surface area (Å²) in [5, 5.41) is 3.25. The van der Waals surface area contributed by atoms with Gasteiger partial charge in [-0.05, 0) is 24.6 Å². The van der Waals surface area contributed by atoms with Crippen LogP contribution in [0.15, 0.2) is 18.2 Å². The first kappa shape index (κ1) is 14.5. The zero-order valence-electron chi connectivity index (χ0n) is 11.0. The molecule has 1 aromatic rings. The lowest BCUT2D eigenvalue weighted by atomic mass is 10.2. The summed E-state index contributed by atoms with van der Waals surface area (Å²) in [4.78, 5) is 0. The lowest BCUT2D eigenvalue weighted by molar-refractivity contribution is 0.308. The summed E-state index contributed by atoms with van der Waals surface area (Å²) in [6.45, 7) is 5.25. The topological polar surface area (TPSA) is 21.3 Å². The van der Waals surface area contributed by atoms with Crippen molar-refractivity contribution in [2.75, 3.05) is 6.61 Å². The van der Waals surface area contributed by atoms with Crippen molar-refractivity contribution in [3.8, 4) is 18.1 Å². The van der Waals surface area contributed by atoms with E-state index >= 15 is 0 Å². The molecule has 0 aliphatic carbocycles. The van der Waals surface area contributed by atoms with Gasteiger partial charge in [0.2, 0.25) is 0 Å². The fraction of sp³-hybridized carbons (Fsp3) is 0.467. The zero-order valence-corrected chi connectivity index (χ0v) is 11.0. The van der Waals surface area contributed by atoms with E-state index < -0.39 is 0 Å². The average Bonchev–Trinajstić information content (AvgIpc) is 2.34. The average molecular weight is 249 g/mol. The first-order valence-electron chi connectivity index (χ1n) is 6.21. The van der Waals surface area contributed by atoms with E-state index in [0.717, 1.165) is 17.7 Å². The van der Waals surface area contributed by atoms with Gasteiger partial charge in [-0.2, -0.15) is 0 Å². The molecule has 2 nitrogen and oxygen atoms in total. The summed E-state index contributed by atoms with van der Waals surface area (Å²) < 4.78 is 18.8. The molecule has 0 radical (unpaired) electrons. The van der Waals surface area contributed by atoms with Gasteiger partial charge in [0.15, 0.2) is 0 Å². The quantitative estimate of drug-likeness (QED) is 0.592. The van der Waals surface area contributed by atoms with Crippen LogP contribution in [0.25, 0.3) is 0 Å². The standard InChI is InChI=1S/C15H20FNO/c1-4-5-6-9-18-15-8-7-14(16)10-13(15)11-17-12(2)3/h1,7-8,10,12,17H,5-6,9,11H2,2-3H3. The van der Waals surface area contributed by atoms with Crippen molar-refractivity contribution < 1.29 is 9.13 Å². The molecule has 0 saturated heterocycles. The summed E-state index contributed by atoms with van der Waals surface area (Å²) in [7, 11) is 0. The van der Waals surface area contributed by atoms with Crippen molar-refractivity contribution >= 4 is 0 Å². The highest BCUT2D eigenvalue weighted by Gasteiger charge is 2.06. The molecule has 0 atom stereocenters. The van der Waals surface area contributed by atoms with E-state index in [9.17, 15) is 4.39 Å². The van der Waals surface area contributed by atoms with Crippen molar-refractivity contribution in [3.05, 3.63) is 29.6 Å². The van der Waals surface area contributed by atoms with Crippen LogP contribution in [0.5, 0.6) is 5.75 Å². The Bertz CT molecular complexity index is 409. The van der Waals surface area contributed by atoms with Crippen LogP contribution >= 0.6 is 0 Å². The molecule has 18 heavy (non-hydrogen) atoms. The molecule has 0 heterocycles. The van der Waals surface area contributed by atoms with Crippen molar-refractivity contribution in [2.45, 2.75) is 39.3 Å². The molecule has 0 fully saturated rings. The molecule has 0 aliphatic heterocycles. The van der Waals surface area contributed by atoms with Gasteiger partial charge in [0.05, 0.1) is 6.61 Å². The molecule has 1 N–H and O–H groups in total. The Labute approximate surface area is 109 Å². The Morgan fingerprint density at radius 2 is 2.22 bits per heavy atom. The highest BCUT2D eigenvalue weighted by Crippen LogP contribution is 2.20. The van der Waals surface area contributed by atoms with Gasteiger partial charge in [-0.25, -0.2) is 4.39 Å². The van der Waals surface area contributed by atoms with Crippen LogP contribution in [-0.2, 0) is 6.54 Å². The zero-order chi connectivity index (χ0) is 13.4. The lowest BCUT2D eigenvalue weighted by Gasteiger charge is -2.13. The minimum Gasteiger partial charge on any atom is -0.493 e. The normalized spacial score (nSPS) is 10.4. The van der Waals surface area contributed by atoms with Crippen molar-refractivity contribution in [1.82, 2.24) is 5.32 Å². The van der Waals surface area contributed by atoms with Gasteiger partial charge in [-0.1, -0.05) is 13.8 Å². The molecule has 1 aromatic carbocycles. The van der Waals surface area contributed by atoms with Crippen molar-refractivity contribution in [2.24, 2.45) is 0 Å². The maximum atomic E-state index is 13.2. The summed E-state index contributed by atoms with van der Waals surface area (Å²) in [6, 6.07) is 4.94. The van der Waals surface area contributed by atoms with E-state index in [1.807, 2.05) is 13.8 Å². The first-order valence-corrected chi connectivity index (χ1v) is 6.21. The third kappa shape index (κ3) is 5.20. The molecule has 3 heteroatoms. The summed E-state index contributed by atoms with van der Waals surface area (Å²) in [6.07, 6.45) is 6.68. The Morgan fingerprint density at radius 3 is 2.89 bits per heavy atom. The minimum atomic E-state index is -0.244. The number of halogens is 1. The number of rotatable bonds is 7. The van der Waals surface area contributed by atoms with E-state index in [1.54, 1.807) is 6.07 Å². The number of ether oxygens (including phenoxy) is 1. The number of unbranched alkanes of at least 4 members (excludes halogenated alkanes) is 1. The van der Waals surface area contributed by atoms with Crippen molar-refractivity contribution in [3.63, 3.8) is 0 Å². The molecule has 98 valence electrons. The monoisotopic (exact) mass is 249 g/mol. The van der Waals surface area contributed by atoms with E-state index in [-0.39, 0.29) is 5.82 Å². The van der Waals surface area contributed by atoms with E-state index in [1.165, 1.54) is 12.1 Å². The van der Waals surface area contributed by atoms with Crippen LogP contribution in [0.1, 0.15) is 32.3 Å². The van der Waals surface area contributed by atoms with Gasteiger partial charge in [-0.15, -0.1) is 12.3 Å². The molecule has 0 spiro atoms. The largest absolute Gasteiger partial charge is 0.493 e. The Balaban J connectivity index is 2.61. The van der Waals surface area contributed by atoms with Gasteiger partial charge < -0.3 is 10.1 Å². The van der Waals surface area contributed by atoms with E-state index in [0.29, 0.717) is 25.6 Å². The summed E-state index contributed by atoms with van der Waals surface area (Å²) in [5.41, 5.74) is 0.837. The number of nitrogens with one attached hydrogen (secondary N) is 1. The highest BCUT2D eigenvalue weighted by atomic mass is 19.1. The second kappa shape index (κ2) is 7.73. The van der Waals surface area contributed by atoms with Crippen LogP contribution in [0.2, 0.25) is 0 Å². The SMILES string of the molecule is C#CCCCOc1ccc(F)cc1CNC(C)C. The minimum absolute atomic E-state index is 0.244. The highest BCUT2D eigenvalue weighted by molar-refractivity contribution is 5.34. The molecule has 0 bridgehead atoms. The lowest BCUT2D eigenvalue weighted by Crippen LogP contribution is -2.22. The van der Waals surface area contributed by atoms with Crippen LogP contribution in [-0.4, -0.2) is 12.6 Å². The molecule has 0 aliphatic rings. The fourth-order valence-electron chi connectivity index (χ4n) is 1.50. The van der Waals surface area contributed by atoms with Crippen molar-refractivity contribution in [1.29, 1.82) is 0 Å². The predicted molar refractivity (Wildman–Crippen MR) is 71.9 cm³/mol. The smallest absolute Gasteiger partial charge is 0.123 e. The number of hydrogen-bond acceptors (Lipinski definition) is 2. The van der Waals surface area contributed by atoms with Crippen LogP contribution in [0, 0.1) is 18.2 Å². The van der Waals surface area contributed by atoms with Gasteiger partial charge in [0.1, 0.15) is 11.6 Å². The van der Waals surface area contributed by atoms with E-state index in [2.05, 4.69) is 11.2 Å². The van der Waals surface area contributed by atoms with Crippen LogP contribution in [0.3, 0.4) is 0 Å². The second-order valence-electron chi connectivity index (χ2n) is 4.44. The van der Waals surface area contributed by atoms with Crippen LogP contribution < -0.4 is 10.1 Å². The maximum absolute atomic E-state index is 13.2. The molecule has 0 aromatic heterocycles. The fourth-order valence-corrected chi connectivity index (χ4v) is 1.50. The Kier molecular flexibility index (Phi) is 6.24. The van der Waals surface area contributed by atoms with Gasteiger partial charge in [0, 0.05) is 24.6 Å². The van der Waals surface area contributed by atoms with Gasteiger partial charge >= 0.3 is 0 Å².